The summed E-state index contributed by atoms with van der Waals surface area (Å²) in [5, 5.41) is 32.6. The van der Waals surface area contributed by atoms with Gasteiger partial charge in [0.2, 0.25) is 11.9 Å². The van der Waals surface area contributed by atoms with E-state index in [0.29, 0.717) is 39.6 Å². The van der Waals surface area contributed by atoms with E-state index >= 15 is 0 Å². The van der Waals surface area contributed by atoms with Crippen LogP contribution in [0, 0.1) is 10.8 Å². The molecule has 0 saturated carbocycles. The van der Waals surface area contributed by atoms with Crippen molar-refractivity contribution in [3.63, 3.8) is 0 Å². The first-order chi connectivity index (χ1) is 20.5. The predicted octanol–water partition coefficient (Wildman–Crippen LogP) is 2.55. The van der Waals surface area contributed by atoms with Gasteiger partial charge in [-0.15, -0.1) is 0 Å². The fraction of sp³-hybridized carbons (Fsp3) is 0.138. The summed E-state index contributed by atoms with van der Waals surface area (Å²) in [5.74, 6) is -1.43. The highest BCUT2D eigenvalue weighted by Gasteiger charge is 2.14. The lowest BCUT2D eigenvalue weighted by Crippen LogP contribution is -2.26. The summed E-state index contributed by atoms with van der Waals surface area (Å²) >= 11 is 0. The van der Waals surface area contributed by atoms with Crippen molar-refractivity contribution in [1.82, 2.24) is 16.3 Å². The fourth-order valence-electron chi connectivity index (χ4n) is 3.80. The van der Waals surface area contributed by atoms with Gasteiger partial charge in [0.25, 0.3) is 11.8 Å². The second-order valence-corrected chi connectivity index (χ2v) is 9.24. The van der Waals surface area contributed by atoms with E-state index in [2.05, 4.69) is 42.2 Å². The molecule has 14 nitrogen and oxygen atoms in total. The Labute approximate surface area is 248 Å². The largest absolute Gasteiger partial charge is 0.369 e. The summed E-state index contributed by atoms with van der Waals surface area (Å²) in [5.41, 5.74) is 23.6. The first-order valence-electron chi connectivity index (χ1n) is 13.0. The standard InChI is InChI=1S/C29H34N12O2/c1-16(38-40-28(30)31)19-7-6-10-24(13-19)35-26(42)20-8-5-9-21(11-20)27(43)36-25-14-22(17(2)37-34-4)12-23(15-25)18(3)39-41-29(32)33/h5-15,34H,1-4H3,(H,35,42)(H,36,43)(H4,30,31,40)(H4,32,33,41)/b37-17-,38-16-,39-18+. The first-order valence-corrected chi connectivity index (χ1v) is 13.0. The maximum absolute atomic E-state index is 13.3. The Morgan fingerprint density at radius 3 is 1.56 bits per heavy atom. The van der Waals surface area contributed by atoms with Crippen LogP contribution in [-0.2, 0) is 0 Å². The van der Waals surface area contributed by atoms with Crippen molar-refractivity contribution in [3.8, 4) is 0 Å². The van der Waals surface area contributed by atoms with E-state index in [9.17, 15) is 9.59 Å². The third-order valence-electron chi connectivity index (χ3n) is 5.92. The highest BCUT2D eigenvalue weighted by Crippen LogP contribution is 2.19. The molecule has 43 heavy (non-hydrogen) atoms. The monoisotopic (exact) mass is 582 g/mol. The zero-order valence-electron chi connectivity index (χ0n) is 24.2. The van der Waals surface area contributed by atoms with Crippen LogP contribution < -0.4 is 38.4 Å². The van der Waals surface area contributed by atoms with Gasteiger partial charge < -0.3 is 27.5 Å². The van der Waals surface area contributed by atoms with Gasteiger partial charge in [0, 0.05) is 40.7 Å². The van der Waals surface area contributed by atoms with Crippen LogP contribution in [0.15, 0.2) is 82.0 Å². The molecule has 14 heteroatoms. The zero-order valence-corrected chi connectivity index (χ0v) is 24.2. The van der Waals surface area contributed by atoms with Crippen LogP contribution in [0.2, 0.25) is 0 Å². The fourth-order valence-corrected chi connectivity index (χ4v) is 3.80. The molecule has 0 heterocycles. The van der Waals surface area contributed by atoms with E-state index in [-0.39, 0.29) is 23.0 Å². The van der Waals surface area contributed by atoms with Crippen LogP contribution in [0.1, 0.15) is 58.2 Å². The molecule has 0 aliphatic carbocycles. The molecule has 222 valence electrons. The molecular formula is C29H34N12O2. The topological polar surface area (TPSA) is 231 Å². The van der Waals surface area contributed by atoms with Crippen molar-refractivity contribution in [3.05, 3.63) is 94.5 Å². The third-order valence-corrected chi connectivity index (χ3v) is 5.92. The van der Waals surface area contributed by atoms with E-state index in [0.717, 1.165) is 5.56 Å². The van der Waals surface area contributed by atoms with E-state index in [4.69, 9.17) is 22.3 Å². The number of guanidine groups is 2. The number of amides is 2. The van der Waals surface area contributed by atoms with Crippen LogP contribution in [0.4, 0.5) is 11.4 Å². The summed E-state index contributed by atoms with van der Waals surface area (Å²) in [7, 11) is 1.68. The SMILES string of the molecule is CN/N=C(/C)c1cc(NC(=O)c2cccc(C(=O)Nc3cccc(/C(C)=N\NC(=N)N)c3)c2)cc(/C(C)=N/NC(=N)N)c1. The number of rotatable bonds is 10. The molecule has 2 amide bonds. The molecule has 3 aromatic rings. The van der Waals surface area contributed by atoms with E-state index in [1.807, 2.05) is 13.0 Å². The molecule has 3 rings (SSSR count). The molecule has 0 saturated heterocycles. The van der Waals surface area contributed by atoms with Gasteiger partial charge in [0.1, 0.15) is 0 Å². The summed E-state index contributed by atoms with van der Waals surface area (Å²) in [4.78, 5) is 26.3. The third kappa shape index (κ3) is 9.24. The van der Waals surface area contributed by atoms with Crippen molar-refractivity contribution < 1.29 is 9.59 Å². The summed E-state index contributed by atoms with van der Waals surface area (Å²) in [6, 6.07) is 18.7. The number of carbonyl (C=O) groups is 2. The Bertz CT molecular complexity index is 1640. The van der Waals surface area contributed by atoms with Gasteiger partial charge in [-0.25, -0.2) is 10.9 Å². The number of anilines is 2. The zero-order chi connectivity index (χ0) is 31.5. The Hall–Kier alpha value is -6.05. The van der Waals surface area contributed by atoms with Gasteiger partial charge in [0.15, 0.2) is 0 Å². The quantitative estimate of drug-likeness (QED) is 0.0983. The molecule has 11 N–H and O–H groups in total. The average Bonchev–Trinajstić information content (AvgIpc) is 2.98. The van der Waals surface area contributed by atoms with E-state index < -0.39 is 11.8 Å². The van der Waals surface area contributed by atoms with Crippen LogP contribution in [0.25, 0.3) is 0 Å². The predicted molar refractivity (Wildman–Crippen MR) is 171 cm³/mol. The van der Waals surface area contributed by atoms with Crippen molar-refractivity contribution >= 4 is 52.2 Å². The molecule has 0 aromatic heterocycles. The minimum absolute atomic E-state index is 0.274. The highest BCUT2D eigenvalue weighted by atomic mass is 16.2. The highest BCUT2D eigenvalue weighted by molar-refractivity contribution is 6.11. The lowest BCUT2D eigenvalue weighted by Gasteiger charge is -2.12. The Balaban J connectivity index is 1.83. The average molecular weight is 583 g/mol. The normalized spacial score (nSPS) is 11.8. The molecule has 0 aliphatic heterocycles. The van der Waals surface area contributed by atoms with Crippen LogP contribution >= 0.6 is 0 Å². The van der Waals surface area contributed by atoms with Gasteiger partial charge in [-0.05, 0) is 74.9 Å². The van der Waals surface area contributed by atoms with Gasteiger partial charge in [-0.3, -0.25) is 20.4 Å². The van der Waals surface area contributed by atoms with E-state index in [1.165, 1.54) is 6.07 Å². The van der Waals surface area contributed by atoms with E-state index in [1.54, 1.807) is 75.5 Å². The van der Waals surface area contributed by atoms with Crippen molar-refractivity contribution in [1.29, 1.82) is 10.8 Å². The number of hydrogen-bond donors (Lipinski definition) is 9. The van der Waals surface area contributed by atoms with Crippen molar-refractivity contribution in [2.75, 3.05) is 17.7 Å². The van der Waals surface area contributed by atoms with Gasteiger partial charge in [-0.1, -0.05) is 18.2 Å². The van der Waals surface area contributed by atoms with Gasteiger partial charge in [-0.2, -0.15) is 15.3 Å². The van der Waals surface area contributed by atoms with Crippen LogP contribution in [0.3, 0.4) is 0 Å². The molecule has 0 radical (unpaired) electrons. The maximum Gasteiger partial charge on any atom is 0.255 e. The molecule has 3 aromatic carbocycles. The lowest BCUT2D eigenvalue weighted by atomic mass is 10.0. The molecule has 0 aliphatic rings. The smallest absolute Gasteiger partial charge is 0.255 e. The van der Waals surface area contributed by atoms with Gasteiger partial charge >= 0.3 is 0 Å². The second-order valence-electron chi connectivity index (χ2n) is 9.24. The number of nitrogens with zero attached hydrogens (tertiary/aromatic N) is 3. The maximum atomic E-state index is 13.3. The number of nitrogens with one attached hydrogen (secondary N) is 7. The molecular weight excluding hydrogens is 548 g/mol. The first kappa shape index (κ1) is 31.5. The van der Waals surface area contributed by atoms with Crippen LogP contribution in [0.5, 0.6) is 0 Å². The number of carbonyl (C=O) groups excluding carboxylic acids is 2. The molecule has 0 atom stereocenters. The van der Waals surface area contributed by atoms with Crippen molar-refractivity contribution in [2.45, 2.75) is 20.8 Å². The number of benzene rings is 3. The minimum Gasteiger partial charge on any atom is -0.369 e. The van der Waals surface area contributed by atoms with Crippen molar-refractivity contribution in [2.24, 2.45) is 26.8 Å². The van der Waals surface area contributed by atoms with Crippen LogP contribution in [-0.4, -0.2) is 47.9 Å². The summed E-state index contributed by atoms with van der Waals surface area (Å²) in [6.07, 6.45) is 0. The number of hydrazone groups is 3. The Morgan fingerprint density at radius 1 is 0.605 bits per heavy atom. The summed E-state index contributed by atoms with van der Waals surface area (Å²) < 4.78 is 0. The second kappa shape index (κ2) is 14.5. The molecule has 0 unspecified atom stereocenters. The lowest BCUT2D eigenvalue weighted by molar-refractivity contribution is 0.102. The Morgan fingerprint density at radius 2 is 1.02 bits per heavy atom. The number of hydrogen-bond acceptors (Lipinski definition) is 8. The molecule has 0 bridgehead atoms. The summed E-state index contributed by atoms with van der Waals surface area (Å²) in [6.45, 7) is 5.29. The number of nitrogens with two attached hydrogens (primary N) is 2. The molecule has 0 spiro atoms. The Kier molecular flexibility index (Phi) is 10.6. The van der Waals surface area contributed by atoms with Gasteiger partial charge in [0.05, 0.1) is 17.1 Å². The molecule has 0 fully saturated rings. The minimum atomic E-state index is -0.427.